The van der Waals surface area contributed by atoms with Crippen molar-refractivity contribution in [2.45, 2.75) is 20.0 Å². The molecule has 0 spiro atoms. The maximum atomic E-state index is 5.71. The van der Waals surface area contributed by atoms with E-state index in [9.17, 15) is 0 Å². The van der Waals surface area contributed by atoms with Gasteiger partial charge in [0.2, 0.25) is 0 Å². The quantitative estimate of drug-likeness (QED) is 0.730. The van der Waals surface area contributed by atoms with Crippen LogP contribution >= 0.6 is 0 Å². The van der Waals surface area contributed by atoms with Crippen LogP contribution in [0.15, 0.2) is 54.6 Å². The summed E-state index contributed by atoms with van der Waals surface area (Å²) in [7, 11) is 0.428. The number of rotatable bonds is 5. The second-order valence-electron chi connectivity index (χ2n) is 3.93. The Bertz CT molecular complexity index is 436. The summed E-state index contributed by atoms with van der Waals surface area (Å²) in [6, 6.07) is 18.9. The van der Waals surface area contributed by atoms with Crippen molar-refractivity contribution >= 4 is 14.9 Å². The minimum atomic E-state index is 0.428. The van der Waals surface area contributed by atoms with Crippen LogP contribution in [-0.2, 0) is 17.5 Å². The normalized spacial score (nSPS) is 10.4. The second kappa shape index (κ2) is 6.38. The fourth-order valence-electron chi connectivity index (χ4n) is 1.59. The lowest BCUT2D eigenvalue weighted by Crippen LogP contribution is -2.17. The maximum absolute atomic E-state index is 5.71. The summed E-state index contributed by atoms with van der Waals surface area (Å²) in [6.45, 7) is 2.86. The van der Waals surface area contributed by atoms with E-state index in [1.807, 2.05) is 18.2 Å². The number of hydrogen-bond donors (Lipinski definition) is 0. The van der Waals surface area contributed by atoms with Gasteiger partial charge in [0.15, 0.2) is 0 Å². The Kier molecular flexibility index (Phi) is 4.53. The highest BCUT2D eigenvalue weighted by Crippen LogP contribution is 2.00. The van der Waals surface area contributed by atoms with Crippen molar-refractivity contribution in [3.8, 4) is 0 Å². The average Bonchev–Trinajstić information content (AvgIpc) is 2.41. The molecule has 0 fully saturated rings. The molecular weight excluding hydrogens is 224 g/mol. The summed E-state index contributed by atoms with van der Waals surface area (Å²) in [4.78, 5) is 0. The van der Waals surface area contributed by atoms with Gasteiger partial charge in [-0.05, 0) is 22.7 Å². The minimum absolute atomic E-state index is 0.428. The zero-order chi connectivity index (χ0) is 11.9. The van der Waals surface area contributed by atoms with Crippen LogP contribution < -0.4 is 5.19 Å². The van der Waals surface area contributed by atoms with Crippen molar-refractivity contribution in [2.75, 3.05) is 0 Å². The fraction of sp³-hybridized carbons (Fsp3) is 0.200. The molecule has 0 amide bonds. The van der Waals surface area contributed by atoms with Gasteiger partial charge < -0.3 is 4.43 Å². The molecule has 17 heavy (non-hydrogen) atoms. The second-order valence-corrected chi connectivity index (χ2v) is 5.00. The molecule has 0 aromatic heterocycles. The third-order valence-electron chi connectivity index (χ3n) is 2.63. The third kappa shape index (κ3) is 3.84. The predicted octanol–water partition coefficient (Wildman–Crippen LogP) is 2.71. The van der Waals surface area contributed by atoms with Gasteiger partial charge >= 0.3 is 0 Å². The first-order valence-electron chi connectivity index (χ1n) is 5.89. The van der Waals surface area contributed by atoms with Gasteiger partial charge in [-0.2, -0.15) is 0 Å². The van der Waals surface area contributed by atoms with E-state index in [-0.39, 0.29) is 0 Å². The predicted molar refractivity (Wildman–Crippen MR) is 72.4 cm³/mol. The van der Waals surface area contributed by atoms with Crippen molar-refractivity contribution in [1.29, 1.82) is 0 Å². The van der Waals surface area contributed by atoms with E-state index in [1.54, 1.807) is 0 Å². The van der Waals surface area contributed by atoms with Crippen molar-refractivity contribution in [1.82, 2.24) is 0 Å². The molecule has 1 nitrogen and oxygen atoms in total. The number of benzene rings is 2. The molecule has 0 aliphatic carbocycles. The van der Waals surface area contributed by atoms with Crippen LogP contribution in [0.2, 0.25) is 0 Å². The summed E-state index contributed by atoms with van der Waals surface area (Å²) in [5.74, 6) is 0. The molecule has 0 aliphatic rings. The summed E-state index contributed by atoms with van der Waals surface area (Å²) in [6.07, 6.45) is 1.09. The van der Waals surface area contributed by atoms with Gasteiger partial charge in [0.05, 0.1) is 6.61 Å². The molecule has 0 N–H and O–H groups in total. The van der Waals surface area contributed by atoms with Crippen LogP contribution in [0.3, 0.4) is 0 Å². The SMILES string of the molecule is CCc1ccc([Si]OCc2ccccc2)cc1. The molecule has 0 atom stereocenters. The Morgan fingerprint density at radius 1 is 0.882 bits per heavy atom. The molecule has 2 radical (unpaired) electrons. The Labute approximate surface area is 105 Å². The topological polar surface area (TPSA) is 9.23 Å². The lowest BCUT2D eigenvalue weighted by Gasteiger charge is -2.03. The highest BCUT2D eigenvalue weighted by Gasteiger charge is 1.97. The smallest absolute Gasteiger partial charge is 0.269 e. The fourth-order valence-corrected chi connectivity index (χ4v) is 2.29. The molecule has 2 heteroatoms. The van der Waals surface area contributed by atoms with Crippen molar-refractivity contribution in [2.24, 2.45) is 0 Å². The first-order valence-corrected chi connectivity index (χ1v) is 6.80. The van der Waals surface area contributed by atoms with E-state index in [0.29, 0.717) is 16.4 Å². The zero-order valence-electron chi connectivity index (χ0n) is 10.0. The highest BCUT2D eigenvalue weighted by atomic mass is 28.2. The molecule has 0 saturated heterocycles. The molecule has 2 aromatic rings. The molecule has 0 aliphatic heterocycles. The number of aryl methyl sites for hydroxylation is 1. The molecule has 86 valence electrons. The van der Waals surface area contributed by atoms with E-state index in [2.05, 4.69) is 43.3 Å². The minimum Gasteiger partial charge on any atom is -0.407 e. The van der Waals surface area contributed by atoms with Gasteiger partial charge in [-0.1, -0.05) is 61.5 Å². The van der Waals surface area contributed by atoms with E-state index < -0.39 is 0 Å². The molecule has 0 saturated carbocycles. The van der Waals surface area contributed by atoms with E-state index >= 15 is 0 Å². The van der Waals surface area contributed by atoms with E-state index in [1.165, 1.54) is 16.3 Å². The Hall–Kier alpha value is -1.38. The molecule has 0 unspecified atom stereocenters. The van der Waals surface area contributed by atoms with Crippen molar-refractivity contribution in [3.63, 3.8) is 0 Å². The Morgan fingerprint density at radius 2 is 1.59 bits per heavy atom. The van der Waals surface area contributed by atoms with Crippen LogP contribution in [-0.4, -0.2) is 9.76 Å². The van der Waals surface area contributed by atoms with Gasteiger partial charge in [0.25, 0.3) is 9.76 Å². The largest absolute Gasteiger partial charge is 0.407 e. The summed E-state index contributed by atoms with van der Waals surface area (Å²) in [5.41, 5.74) is 2.60. The molecule has 0 heterocycles. The van der Waals surface area contributed by atoms with Crippen LogP contribution in [0.5, 0.6) is 0 Å². The molecular formula is C15H16OSi. The van der Waals surface area contributed by atoms with Gasteiger partial charge in [-0.3, -0.25) is 0 Å². The van der Waals surface area contributed by atoms with Crippen molar-refractivity contribution in [3.05, 3.63) is 65.7 Å². The molecule has 2 rings (SSSR count). The average molecular weight is 240 g/mol. The van der Waals surface area contributed by atoms with Gasteiger partial charge in [-0.25, -0.2) is 0 Å². The van der Waals surface area contributed by atoms with Crippen LogP contribution in [0.25, 0.3) is 0 Å². The summed E-state index contributed by atoms with van der Waals surface area (Å²) >= 11 is 0. The Morgan fingerprint density at radius 3 is 2.24 bits per heavy atom. The lowest BCUT2D eigenvalue weighted by molar-refractivity contribution is 0.330. The maximum Gasteiger partial charge on any atom is 0.269 e. The molecule has 2 aromatic carbocycles. The van der Waals surface area contributed by atoms with Gasteiger partial charge in [0.1, 0.15) is 0 Å². The van der Waals surface area contributed by atoms with Crippen LogP contribution in [0.4, 0.5) is 0 Å². The Balaban J connectivity index is 1.82. The van der Waals surface area contributed by atoms with Gasteiger partial charge in [-0.15, -0.1) is 0 Å². The summed E-state index contributed by atoms with van der Waals surface area (Å²) < 4.78 is 5.71. The lowest BCUT2D eigenvalue weighted by atomic mass is 10.2. The van der Waals surface area contributed by atoms with Gasteiger partial charge in [0, 0.05) is 0 Å². The third-order valence-corrected chi connectivity index (χ3v) is 3.49. The van der Waals surface area contributed by atoms with Crippen LogP contribution in [0, 0.1) is 0 Å². The monoisotopic (exact) mass is 240 g/mol. The standard InChI is InChI=1S/C15H16OSi/c1-2-13-8-10-15(11-9-13)17-16-12-14-6-4-3-5-7-14/h3-11H,2,12H2,1H3. The first-order chi connectivity index (χ1) is 8.38. The summed E-state index contributed by atoms with van der Waals surface area (Å²) in [5, 5.41) is 1.26. The molecule has 0 bridgehead atoms. The number of hydrogen-bond acceptors (Lipinski definition) is 1. The highest BCUT2D eigenvalue weighted by molar-refractivity contribution is 6.46. The van der Waals surface area contributed by atoms with E-state index in [4.69, 9.17) is 4.43 Å². The van der Waals surface area contributed by atoms with Crippen LogP contribution in [0.1, 0.15) is 18.1 Å². The van der Waals surface area contributed by atoms with E-state index in [0.717, 1.165) is 6.42 Å². The first kappa shape index (κ1) is 12.1. The van der Waals surface area contributed by atoms with Crippen molar-refractivity contribution < 1.29 is 4.43 Å². The zero-order valence-corrected chi connectivity index (χ0v) is 11.0.